The molecule has 162 valence electrons. The van der Waals surface area contributed by atoms with Gasteiger partial charge in [-0.05, 0) is 59.1 Å². The van der Waals surface area contributed by atoms with Gasteiger partial charge in [-0.1, -0.05) is 12.5 Å². The minimum Gasteiger partial charge on any atom is -0.494 e. The molecule has 3 rings (SSSR count). The predicted molar refractivity (Wildman–Crippen MR) is 117 cm³/mol. The Morgan fingerprint density at radius 2 is 1.90 bits per heavy atom. The Balaban J connectivity index is 1.68. The van der Waals surface area contributed by atoms with Crippen LogP contribution >= 0.6 is 0 Å². The van der Waals surface area contributed by atoms with Gasteiger partial charge in [-0.3, -0.25) is 9.20 Å². The molecule has 30 heavy (non-hydrogen) atoms. The van der Waals surface area contributed by atoms with E-state index in [0.29, 0.717) is 17.9 Å². The van der Waals surface area contributed by atoms with Gasteiger partial charge in [-0.25, -0.2) is 4.98 Å². The average Bonchev–Trinajstić information content (AvgIpc) is 3.05. The molecule has 2 aromatic heterocycles. The third-order valence-corrected chi connectivity index (χ3v) is 4.78. The maximum Gasteiger partial charge on any atom is 0.306 e. The number of aryl methyl sites for hydroxylation is 2. The molecule has 0 saturated heterocycles. The predicted octanol–water partition coefficient (Wildman–Crippen LogP) is 4.22. The number of hydrogen-bond donors (Lipinski definition) is 1. The van der Waals surface area contributed by atoms with Gasteiger partial charge in [0.25, 0.3) is 0 Å². The highest BCUT2D eigenvalue weighted by atomic mass is 16.6. The number of hydrogen-bond acceptors (Lipinski definition) is 7. The van der Waals surface area contributed by atoms with Crippen molar-refractivity contribution in [2.24, 2.45) is 0 Å². The van der Waals surface area contributed by atoms with Crippen LogP contribution in [0.25, 0.3) is 16.7 Å². The van der Waals surface area contributed by atoms with Crippen molar-refractivity contribution in [1.82, 2.24) is 19.6 Å². The quantitative estimate of drug-likeness (QED) is 0.437. The van der Waals surface area contributed by atoms with Gasteiger partial charge in [0.2, 0.25) is 5.65 Å². The standard InChI is InChI=1S/C22H31N5O3/c1-14-11-12-16-18(19(14)29-6)24-20(21-26-25-15(2)27(16)21)23-13-9-7-8-10-17(28)30-22(3,4)5/h11-12H,7-10,13H2,1-6H3,(H,23,24). The van der Waals surface area contributed by atoms with E-state index in [1.165, 1.54) is 0 Å². The second-order valence-corrected chi connectivity index (χ2v) is 8.47. The summed E-state index contributed by atoms with van der Waals surface area (Å²) in [5, 5.41) is 11.9. The number of aromatic nitrogens is 4. The van der Waals surface area contributed by atoms with Crippen LogP contribution in [0.4, 0.5) is 5.82 Å². The Bertz CT molecular complexity index is 1050. The summed E-state index contributed by atoms with van der Waals surface area (Å²) < 4.78 is 12.9. The molecule has 0 aliphatic carbocycles. The van der Waals surface area contributed by atoms with E-state index in [4.69, 9.17) is 14.5 Å². The van der Waals surface area contributed by atoms with E-state index < -0.39 is 5.60 Å². The lowest BCUT2D eigenvalue weighted by molar-refractivity contribution is -0.154. The Kier molecular flexibility index (Phi) is 6.43. The van der Waals surface area contributed by atoms with Crippen LogP contribution in [-0.4, -0.2) is 44.8 Å². The van der Waals surface area contributed by atoms with Crippen molar-refractivity contribution in [2.45, 2.75) is 65.9 Å². The van der Waals surface area contributed by atoms with Gasteiger partial charge in [0.05, 0.1) is 12.6 Å². The van der Waals surface area contributed by atoms with Crippen LogP contribution in [0, 0.1) is 13.8 Å². The first kappa shape index (κ1) is 21.8. The molecule has 0 atom stereocenters. The Morgan fingerprint density at radius 3 is 2.60 bits per heavy atom. The van der Waals surface area contributed by atoms with Gasteiger partial charge in [0, 0.05) is 13.0 Å². The van der Waals surface area contributed by atoms with Crippen LogP contribution in [0.2, 0.25) is 0 Å². The fourth-order valence-electron chi connectivity index (χ4n) is 3.46. The van der Waals surface area contributed by atoms with E-state index in [9.17, 15) is 4.79 Å². The third-order valence-electron chi connectivity index (χ3n) is 4.78. The zero-order valence-electron chi connectivity index (χ0n) is 18.7. The highest BCUT2D eigenvalue weighted by Gasteiger charge is 2.17. The molecular weight excluding hydrogens is 382 g/mol. The molecule has 0 saturated carbocycles. The number of methoxy groups -OCH3 is 1. The van der Waals surface area contributed by atoms with Crippen LogP contribution in [0.5, 0.6) is 5.75 Å². The second kappa shape index (κ2) is 8.85. The molecule has 0 amide bonds. The molecule has 1 aromatic carbocycles. The third kappa shape index (κ3) is 4.80. The molecular formula is C22H31N5O3. The highest BCUT2D eigenvalue weighted by Crippen LogP contribution is 2.31. The molecule has 0 spiro atoms. The molecule has 8 nitrogen and oxygen atoms in total. The van der Waals surface area contributed by atoms with Crippen LogP contribution in [0.15, 0.2) is 12.1 Å². The van der Waals surface area contributed by atoms with Crippen molar-refractivity contribution in [3.63, 3.8) is 0 Å². The molecule has 2 heterocycles. The van der Waals surface area contributed by atoms with Gasteiger partial charge < -0.3 is 14.8 Å². The molecule has 0 bridgehead atoms. The summed E-state index contributed by atoms with van der Waals surface area (Å²) in [5.74, 6) is 2.08. The van der Waals surface area contributed by atoms with Gasteiger partial charge >= 0.3 is 5.97 Å². The lowest BCUT2D eigenvalue weighted by Crippen LogP contribution is -2.23. The number of fused-ring (bicyclic) bond motifs is 3. The van der Waals surface area contributed by atoms with E-state index in [0.717, 1.165) is 54.0 Å². The van der Waals surface area contributed by atoms with Crippen molar-refractivity contribution in [1.29, 1.82) is 0 Å². The van der Waals surface area contributed by atoms with Crippen molar-refractivity contribution < 1.29 is 14.3 Å². The van der Waals surface area contributed by atoms with Gasteiger partial charge in [0.15, 0.2) is 5.82 Å². The average molecular weight is 414 g/mol. The largest absolute Gasteiger partial charge is 0.494 e. The number of carbonyl (C=O) groups excluding carboxylic acids is 1. The van der Waals surface area contributed by atoms with Crippen LogP contribution in [0.1, 0.15) is 57.8 Å². The Morgan fingerprint density at radius 1 is 1.13 bits per heavy atom. The summed E-state index contributed by atoms with van der Waals surface area (Å²) in [6.07, 6.45) is 3.07. The summed E-state index contributed by atoms with van der Waals surface area (Å²) in [6.45, 7) is 10.3. The van der Waals surface area contributed by atoms with Crippen molar-refractivity contribution >= 4 is 28.5 Å². The SMILES string of the molecule is COc1c(C)ccc2c1nc(NCCCCCC(=O)OC(C)(C)C)c1nnc(C)n12. The fraction of sp³-hybridized carbons (Fsp3) is 0.545. The lowest BCUT2D eigenvalue weighted by Gasteiger charge is -2.19. The molecule has 1 N–H and O–H groups in total. The first-order valence-corrected chi connectivity index (χ1v) is 10.4. The van der Waals surface area contributed by atoms with Crippen LogP contribution < -0.4 is 10.1 Å². The van der Waals surface area contributed by atoms with Gasteiger partial charge in [-0.2, -0.15) is 0 Å². The minimum absolute atomic E-state index is 0.144. The summed E-state index contributed by atoms with van der Waals surface area (Å²) in [7, 11) is 1.66. The first-order valence-electron chi connectivity index (χ1n) is 10.4. The van der Waals surface area contributed by atoms with Crippen LogP contribution in [0.3, 0.4) is 0 Å². The zero-order valence-corrected chi connectivity index (χ0v) is 18.7. The number of benzene rings is 1. The first-order chi connectivity index (χ1) is 14.2. The summed E-state index contributed by atoms with van der Waals surface area (Å²) in [4.78, 5) is 16.6. The number of ether oxygens (including phenoxy) is 2. The topological polar surface area (TPSA) is 90.6 Å². The fourth-order valence-corrected chi connectivity index (χ4v) is 3.46. The summed E-state index contributed by atoms with van der Waals surface area (Å²) in [5.41, 5.74) is 2.98. The maximum absolute atomic E-state index is 11.8. The number of nitrogens with zero attached hydrogens (tertiary/aromatic N) is 4. The Labute approximate surface area is 177 Å². The molecule has 0 aliphatic rings. The van der Waals surface area contributed by atoms with E-state index in [2.05, 4.69) is 15.5 Å². The maximum atomic E-state index is 11.8. The van der Waals surface area contributed by atoms with Gasteiger partial charge in [-0.15, -0.1) is 10.2 Å². The van der Waals surface area contributed by atoms with E-state index in [1.807, 2.05) is 51.2 Å². The number of esters is 1. The smallest absolute Gasteiger partial charge is 0.306 e. The lowest BCUT2D eigenvalue weighted by atomic mass is 10.1. The number of carbonyl (C=O) groups is 1. The molecule has 0 radical (unpaired) electrons. The molecule has 0 unspecified atom stereocenters. The number of unbranched alkanes of at least 4 members (excludes halogenated alkanes) is 2. The van der Waals surface area contributed by atoms with Crippen molar-refractivity contribution in [3.8, 4) is 5.75 Å². The van der Waals surface area contributed by atoms with Crippen molar-refractivity contribution in [2.75, 3.05) is 19.0 Å². The Hall–Kier alpha value is -2.90. The molecule has 0 fully saturated rings. The highest BCUT2D eigenvalue weighted by molar-refractivity contribution is 5.88. The number of anilines is 1. The second-order valence-electron chi connectivity index (χ2n) is 8.47. The normalized spacial score (nSPS) is 11.8. The van der Waals surface area contributed by atoms with Gasteiger partial charge in [0.1, 0.15) is 22.7 Å². The zero-order chi connectivity index (χ0) is 21.9. The van der Waals surface area contributed by atoms with E-state index >= 15 is 0 Å². The molecule has 8 heteroatoms. The van der Waals surface area contributed by atoms with Crippen LogP contribution in [-0.2, 0) is 9.53 Å². The molecule has 0 aliphatic heterocycles. The summed E-state index contributed by atoms with van der Waals surface area (Å²) in [6, 6.07) is 4.03. The summed E-state index contributed by atoms with van der Waals surface area (Å²) >= 11 is 0. The van der Waals surface area contributed by atoms with Crippen molar-refractivity contribution in [3.05, 3.63) is 23.5 Å². The minimum atomic E-state index is -0.429. The molecule has 3 aromatic rings. The number of rotatable bonds is 8. The monoisotopic (exact) mass is 413 g/mol. The van der Waals surface area contributed by atoms with E-state index in [-0.39, 0.29) is 5.97 Å². The van der Waals surface area contributed by atoms with E-state index in [1.54, 1.807) is 7.11 Å². The number of nitrogens with one attached hydrogen (secondary N) is 1.